The summed E-state index contributed by atoms with van der Waals surface area (Å²) in [5.41, 5.74) is 2.74. The van der Waals surface area contributed by atoms with E-state index >= 15 is 0 Å². The summed E-state index contributed by atoms with van der Waals surface area (Å²) >= 11 is 0. The molecule has 0 aliphatic carbocycles. The van der Waals surface area contributed by atoms with Crippen LogP contribution >= 0.6 is 0 Å². The van der Waals surface area contributed by atoms with Gasteiger partial charge in [0.05, 0.1) is 12.0 Å². The van der Waals surface area contributed by atoms with Crippen LogP contribution in [-0.2, 0) is 25.6 Å². The van der Waals surface area contributed by atoms with Crippen LogP contribution in [0.1, 0.15) is 83.8 Å². The van der Waals surface area contributed by atoms with E-state index in [1.807, 2.05) is 26.8 Å². The zero-order valence-electron chi connectivity index (χ0n) is 18.7. The van der Waals surface area contributed by atoms with Gasteiger partial charge in [-0.15, -0.1) is 5.06 Å². The first kappa shape index (κ1) is 22.8. The summed E-state index contributed by atoms with van der Waals surface area (Å²) in [6, 6.07) is 3.78. The molecular formula is C24H31NO6. The predicted octanol–water partition coefficient (Wildman–Crippen LogP) is 4.46. The van der Waals surface area contributed by atoms with Crippen molar-refractivity contribution < 1.29 is 29.1 Å². The van der Waals surface area contributed by atoms with Crippen LogP contribution in [-0.4, -0.2) is 33.6 Å². The van der Waals surface area contributed by atoms with Gasteiger partial charge in [0.15, 0.2) is 0 Å². The number of unbranched alkanes of at least 4 members (excludes halogenated alkanes) is 2. The summed E-state index contributed by atoms with van der Waals surface area (Å²) in [6.07, 6.45) is 4.65. The number of rotatable bonds is 8. The monoisotopic (exact) mass is 429 g/mol. The molecule has 1 aromatic rings. The van der Waals surface area contributed by atoms with Gasteiger partial charge in [-0.3, -0.25) is 9.59 Å². The number of aryl methyl sites for hydroxylation is 1. The molecule has 7 heteroatoms. The van der Waals surface area contributed by atoms with Gasteiger partial charge in [-0.25, -0.2) is 4.79 Å². The van der Waals surface area contributed by atoms with Gasteiger partial charge in [-0.1, -0.05) is 19.8 Å². The third-order valence-electron chi connectivity index (χ3n) is 5.91. The van der Waals surface area contributed by atoms with E-state index in [1.165, 1.54) is 0 Å². The van der Waals surface area contributed by atoms with E-state index < -0.39 is 23.4 Å². The maximum Gasteiger partial charge on any atom is 0.333 e. The molecule has 2 aliphatic rings. The fourth-order valence-corrected chi connectivity index (χ4v) is 4.30. The van der Waals surface area contributed by atoms with E-state index in [0.29, 0.717) is 22.8 Å². The molecule has 1 N–H and O–H groups in total. The fourth-order valence-electron chi connectivity index (χ4n) is 4.30. The molecule has 1 aromatic carbocycles. The Morgan fingerprint density at radius 3 is 2.48 bits per heavy atom. The average Bonchev–Trinajstić information content (AvgIpc) is 2.98. The van der Waals surface area contributed by atoms with Gasteiger partial charge < -0.3 is 14.7 Å². The van der Waals surface area contributed by atoms with Gasteiger partial charge >= 0.3 is 5.97 Å². The Morgan fingerprint density at radius 1 is 1.16 bits per heavy atom. The van der Waals surface area contributed by atoms with Crippen LogP contribution in [0.4, 0.5) is 0 Å². The van der Waals surface area contributed by atoms with Gasteiger partial charge in [0.25, 0.3) is 11.8 Å². The third kappa shape index (κ3) is 4.92. The normalized spacial score (nSPS) is 17.6. The number of benzene rings is 1. The standard InChI is InChI=1S/C24H31NO6/c1-5-6-7-8-16-13-18(26)23-15(2)17(24(3,4)30-19(23)14-16)9-12-22(29)31-25-20(27)10-11-21(25)28/h13-14,26H,5-12H2,1-4H3. The van der Waals surface area contributed by atoms with Crippen LogP contribution in [0.3, 0.4) is 0 Å². The Bertz CT molecular complexity index is 914. The molecule has 2 aliphatic heterocycles. The van der Waals surface area contributed by atoms with E-state index in [0.717, 1.165) is 42.4 Å². The molecule has 0 radical (unpaired) electrons. The predicted molar refractivity (Wildman–Crippen MR) is 115 cm³/mol. The lowest BCUT2D eigenvalue weighted by atomic mass is 9.83. The summed E-state index contributed by atoms with van der Waals surface area (Å²) in [7, 11) is 0. The maximum absolute atomic E-state index is 12.3. The number of imide groups is 1. The summed E-state index contributed by atoms with van der Waals surface area (Å²) < 4.78 is 6.24. The van der Waals surface area contributed by atoms with E-state index in [9.17, 15) is 19.5 Å². The highest BCUT2D eigenvalue weighted by Gasteiger charge is 2.36. The molecule has 2 heterocycles. The van der Waals surface area contributed by atoms with Crippen LogP contribution in [0, 0.1) is 0 Å². The quantitative estimate of drug-likeness (QED) is 0.485. The number of allylic oxidation sites excluding steroid dienone is 1. The van der Waals surface area contributed by atoms with Gasteiger partial charge in [0, 0.05) is 12.8 Å². The second kappa shape index (κ2) is 9.12. The van der Waals surface area contributed by atoms with Crippen molar-refractivity contribution in [2.75, 3.05) is 0 Å². The van der Waals surface area contributed by atoms with Gasteiger partial charge in [-0.2, -0.15) is 0 Å². The number of carbonyl (C=O) groups excluding carboxylic acids is 3. The smallest absolute Gasteiger partial charge is 0.333 e. The third-order valence-corrected chi connectivity index (χ3v) is 5.91. The SMILES string of the molecule is CCCCCc1cc(O)c2c(c1)OC(C)(C)C(CCC(=O)ON1C(=O)CCC1=O)=C2C. The number of hydrogen-bond donors (Lipinski definition) is 1. The molecule has 0 unspecified atom stereocenters. The highest BCUT2D eigenvalue weighted by atomic mass is 16.7. The van der Waals surface area contributed by atoms with Crippen molar-refractivity contribution in [3.05, 3.63) is 28.8 Å². The zero-order valence-corrected chi connectivity index (χ0v) is 18.7. The van der Waals surface area contributed by atoms with Crippen LogP contribution < -0.4 is 4.74 Å². The lowest BCUT2D eigenvalue weighted by Gasteiger charge is -2.37. The first-order valence-corrected chi connectivity index (χ1v) is 11.0. The molecular weight excluding hydrogens is 398 g/mol. The number of carbonyl (C=O) groups is 3. The van der Waals surface area contributed by atoms with Gasteiger partial charge in [-0.05, 0) is 68.9 Å². The Balaban J connectivity index is 1.77. The molecule has 0 aromatic heterocycles. The minimum atomic E-state index is -0.675. The van der Waals surface area contributed by atoms with Crippen molar-refractivity contribution in [3.8, 4) is 11.5 Å². The molecule has 7 nitrogen and oxygen atoms in total. The molecule has 31 heavy (non-hydrogen) atoms. The van der Waals surface area contributed by atoms with Crippen LogP contribution in [0.5, 0.6) is 11.5 Å². The summed E-state index contributed by atoms with van der Waals surface area (Å²) in [5, 5.41) is 11.3. The summed E-state index contributed by atoms with van der Waals surface area (Å²) in [6.45, 7) is 7.92. The largest absolute Gasteiger partial charge is 0.507 e. The molecule has 2 amide bonds. The molecule has 3 rings (SSSR count). The number of aromatic hydroxyl groups is 1. The number of amides is 2. The molecule has 0 saturated carbocycles. The molecule has 1 saturated heterocycles. The van der Waals surface area contributed by atoms with Crippen molar-refractivity contribution >= 4 is 23.4 Å². The number of phenols is 1. The highest BCUT2D eigenvalue weighted by Crippen LogP contribution is 2.46. The van der Waals surface area contributed by atoms with Crippen molar-refractivity contribution in [3.63, 3.8) is 0 Å². The fraction of sp³-hybridized carbons (Fsp3) is 0.542. The number of hydrogen-bond acceptors (Lipinski definition) is 6. The zero-order chi connectivity index (χ0) is 22.8. The highest BCUT2D eigenvalue weighted by molar-refractivity contribution is 6.01. The number of phenolic OH excluding ortho intramolecular Hbond substituents is 1. The molecule has 0 bridgehead atoms. The molecule has 0 spiro atoms. The first-order valence-electron chi connectivity index (χ1n) is 11.0. The van der Waals surface area contributed by atoms with Crippen LogP contribution in [0.2, 0.25) is 0 Å². The second-order valence-electron chi connectivity index (χ2n) is 8.71. The Labute approximate surface area is 183 Å². The lowest BCUT2D eigenvalue weighted by Crippen LogP contribution is -2.35. The minimum absolute atomic E-state index is 0.0122. The van der Waals surface area contributed by atoms with E-state index in [-0.39, 0.29) is 25.0 Å². The Kier molecular flexibility index (Phi) is 6.72. The summed E-state index contributed by atoms with van der Waals surface area (Å²) in [4.78, 5) is 40.5. The lowest BCUT2D eigenvalue weighted by molar-refractivity contribution is -0.197. The van der Waals surface area contributed by atoms with Crippen molar-refractivity contribution in [2.45, 2.75) is 84.7 Å². The number of ether oxygens (including phenoxy) is 1. The Morgan fingerprint density at radius 2 is 1.84 bits per heavy atom. The van der Waals surface area contributed by atoms with Crippen molar-refractivity contribution in [1.82, 2.24) is 5.06 Å². The van der Waals surface area contributed by atoms with E-state index in [1.54, 1.807) is 6.07 Å². The van der Waals surface area contributed by atoms with Crippen molar-refractivity contribution in [2.24, 2.45) is 0 Å². The molecule has 168 valence electrons. The van der Waals surface area contributed by atoms with E-state index in [4.69, 9.17) is 9.57 Å². The van der Waals surface area contributed by atoms with Gasteiger partial charge in [0.2, 0.25) is 0 Å². The maximum atomic E-state index is 12.3. The first-order chi connectivity index (χ1) is 14.6. The topological polar surface area (TPSA) is 93.1 Å². The molecule has 0 atom stereocenters. The number of nitrogens with zero attached hydrogens (tertiary/aromatic N) is 1. The van der Waals surface area contributed by atoms with Gasteiger partial charge in [0.1, 0.15) is 17.1 Å². The number of fused-ring (bicyclic) bond motifs is 1. The second-order valence-corrected chi connectivity index (χ2v) is 8.71. The van der Waals surface area contributed by atoms with Crippen molar-refractivity contribution in [1.29, 1.82) is 0 Å². The Hall–Kier alpha value is -2.83. The summed E-state index contributed by atoms with van der Waals surface area (Å²) in [5.74, 6) is -0.827. The van der Waals surface area contributed by atoms with Crippen LogP contribution in [0.25, 0.3) is 5.57 Å². The molecule has 1 fully saturated rings. The minimum Gasteiger partial charge on any atom is -0.507 e. The van der Waals surface area contributed by atoms with Crippen LogP contribution in [0.15, 0.2) is 17.7 Å². The van der Waals surface area contributed by atoms with E-state index in [2.05, 4.69) is 6.92 Å². The number of hydroxylamine groups is 2. The average molecular weight is 430 g/mol.